The van der Waals surface area contributed by atoms with E-state index >= 15 is 0 Å². The molecule has 0 N–H and O–H groups in total. The molecule has 0 amide bonds. The largest absolute Gasteiger partial charge is 0.373 e. The number of hydrogen-bond acceptors (Lipinski definition) is 6. The minimum atomic E-state index is -0.501. The quantitative estimate of drug-likeness (QED) is 0.609. The molecule has 0 aromatic carbocycles. The van der Waals surface area contributed by atoms with E-state index in [4.69, 9.17) is 16.3 Å². The molecule has 2 heterocycles. The van der Waals surface area contributed by atoms with Crippen LogP contribution in [0.4, 0.5) is 11.5 Å². The van der Waals surface area contributed by atoms with Gasteiger partial charge in [-0.3, -0.25) is 15.0 Å². The monoisotopic (exact) mass is 328 g/mol. The molecule has 22 heavy (non-hydrogen) atoms. The van der Waals surface area contributed by atoms with Crippen LogP contribution in [-0.2, 0) is 4.74 Å². The normalized spacial score (nSPS) is 22.5. The highest BCUT2D eigenvalue weighted by molar-refractivity contribution is 6.33. The first-order valence-corrected chi connectivity index (χ1v) is 7.63. The number of pyridine rings is 1. The van der Waals surface area contributed by atoms with Gasteiger partial charge in [-0.25, -0.2) is 4.98 Å². The van der Waals surface area contributed by atoms with Crippen LogP contribution in [-0.4, -0.2) is 60.2 Å². The van der Waals surface area contributed by atoms with E-state index in [0.717, 1.165) is 26.2 Å². The first-order chi connectivity index (χ1) is 10.4. The van der Waals surface area contributed by atoms with Crippen molar-refractivity contribution in [1.82, 2.24) is 9.88 Å². The molecule has 1 aliphatic heterocycles. The van der Waals surface area contributed by atoms with Gasteiger partial charge in [0.2, 0.25) is 0 Å². The van der Waals surface area contributed by atoms with Gasteiger partial charge in [0, 0.05) is 39.3 Å². The van der Waals surface area contributed by atoms with Crippen LogP contribution in [0.3, 0.4) is 0 Å². The first-order valence-electron chi connectivity index (χ1n) is 7.25. The van der Waals surface area contributed by atoms with Gasteiger partial charge in [-0.2, -0.15) is 0 Å². The molecule has 0 radical (unpaired) electrons. The third-order valence-electron chi connectivity index (χ3n) is 3.63. The third-order valence-corrected chi connectivity index (χ3v) is 3.90. The zero-order chi connectivity index (χ0) is 16.3. The van der Waals surface area contributed by atoms with E-state index in [2.05, 4.69) is 23.7 Å². The smallest absolute Gasteiger partial charge is 0.289 e. The fraction of sp³-hybridized carbons (Fsp3) is 0.643. The predicted molar refractivity (Wildman–Crippen MR) is 85.6 cm³/mol. The first kappa shape index (κ1) is 16.9. The van der Waals surface area contributed by atoms with Gasteiger partial charge in [0.05, 0.1) is 22.2 Å². The van der Waals surface area contributed by atoms with Crippen LogP contribution in [0.25, 0.3) is 0 Å². The number of nitrogens with zero attached hydrogens (tertiary/aromatic N) is 4. The maximum Gasteiger partial charge on any atom is 0.289 e. The number of ether oxygens (including phenoxy) is 1. The lowest BCUT2D eigenvalue weighted by Gasteiger charge is -2.36. The summed E-state index contributed by atoms with van der Waals surface area (Å²) >= 11 is 6.09. The van der Waals surface area contributed by atoms with Gasteiger partial charge < -0.3 is 9.64 Å². The topological polar surface area (TPSA) is 71.7 Å². The van der Waals surface area contributed by atoms with E-state index in [0.29, 0.717) is 10.8 Å². The van der Waals surface area contributed by atoms with Crippen molar-refractivity contribution in [2.45, 2.75) is 26.1 Å². The predicted octanol–water partition coefficient (Wildman–Crippen LogP) is 2.19. The van der Waals surface area contributed by atoms with Crippen molar-refractivity contribution in [2.24, 2.45) is 0 Å². The Balaban J connectivity index is 1.94. The summed E-state index contributed by atoms with van der Waals surface area (Å²) < 4.78 is 5.71. The van der Waals surface area contributed by atoms with Crippen LogP contribution in [0, 0.1) is 10.1 Å². The van der Waals surface area contributed by atoms with Crippen molar-refractivity contribution in [3.05, 3.63) is 27.4 Å². The van der Waals surface area contributed by atoms with E-state index in [9.17, 15) is 10.1 Å². The van der Waals surface area contributed by atoms with Crippen molar-refractivity contribution in [3.8, 4) is 0 Å². The summed E-state index contributed by atoms with van der Waals surface area (Å²) in [4.78, 5) is 18.6. The second-order valence-electron chi connectivity index (χ2n) is 5.69. The highest BCUT2D eigenvalue weighted by atomic mass is 35.5. The SMILES string of the molecule is C[C@@H]1CN(CCN(C)c2ncc([N+](=O)[O-])cc2Cl)C[C@H](C)O1. The van der Waals surface area contributed by atoms with Crippen molar-refractivity contribution < 1.29 is 9.66 Å². The number of nitro groups is 1. The van der Waals surface area contributed by atoms with Crippen LogP contribution >= 0.6 is 11.6 Å². The van der Waals surface area contributed by atoms with Gasteiger partial charge in [-0.15, -0.1) is 0 Å². The molecule has 2 rings (SSSR count). The second-order valence-corrected chi connectivity index (χ2v) is 6.10. The van der Waals surface area contributed by atoms with Crippen molar-refractivity contribution >= 4 is 23.1 Å². The molecule has 1 aromatic rings. The Morgan fingerprint density at radius 3 is 2.68 bits per heavy atom. The zero-order valence-electron chi connectivity index (χ0n) is 13.0. The maximum atomic E-state index is 10.7. The number of anilines is 1. The molecule has 0 saturated carbocycles. The number of aromatic nitrogens is 1. The second kappa shape index (κ2) is 7.21. The molecule has 1 aliphatic rings. The van der Waals surface area contributed by atoms with Gasteiger partial charge in [-0.05, 0) is 13.8 Å². The fourth-order valence-corrected chi connectivity index (χ4v) is 2.97. The molecule has 1 aromatic heterocycles. The zero-order valence-corrected chi connectivity index (χ0v) is 13.8. The molecule has 7 nitrogen and oxygen atoms in total. The molecule has 2 atom stereocenters. The van der Waals surface area contributed by atoms with E-state index in [1.165, 1.54) is 12.3 Å². The molecule has 0 aliphatic carbocycles. The average Bonchev–Trinajstić information content (AvgIpc) is 2.43. The molecule has 8 heteroatoms. The van der Waals surface area contributed by atoms with Gasteiger partial charge >= 0.3 is 0 Å². The highest BCUT2D eigenvalue weighted by Crippen LogP contribution is 2.26. The van der Waals surface area contributed by atoms with E-state index < -0.39 is 4.92 Å². The number of hydrogen-bond donors (Lipinski definition) is 0. The summed E-state index contributed by atoms with van der Waals surface area (Å²) in [7, 11) is 1.88. The molecule has 122 valence electrons. The number of morpholine rings is 1. The summed E-state index contributed by atoms with van der Waals surface area (Å²) in [6.45, 7) is 7.55. The fourth-order valence-electron chi connectivity index (χ4n) is 2.67. The highest BCUT2D eigenvalue weighted by Gasteiger charge is 2.22. The van der Waals surface area contributed by atoms with Gasteiger partial charge in [-0.1, -0.05) is 11.6 Å². The third kappa shape index (κ3) is 4.28. The molecule has 0 spiro atoms. The van der Waals surface area contributed by atoms with Crippen LogP contribution in [0.15, 0.2) is 12.3 Å². The minimum Gasteiger partial charge on any atom is -0.373 e. The van der Waals surface area contributed by atoms with E-state index in [-0.39, 0.29) is 17.9 Å². The van der Waals surface area contributed by atoms with Crippen LogP contribution < -0.4 is 4.90 Å². The Morgan fingerprint density at radius 1 is 1.50 bits per heavy atom. The number of rotatable bonds is 5. The molecule has 0 unspecified atom stereocenters. The Hall–Kier alpha value is -1.44. The van der Waals surface area contributed by atoms with Crippen LogP contribution in [0.5, 0.6) is 0 Å². The Morgan fingerprint density at radius 2 is 2.14 bits per heavy atom. The van der Waals surface area contributed by atoms with Gasteiger partial charge in [0.1, 0.15) is 12.0 Å². The van der Waals surface area contributed by atoms with Crippen LogP contribution in [0.1, 0.15) is 13.8 Å². The lowest BCUT2D eigenvalue weighted by Crippen LogP contribution is -2.47. The maximum absolute atomic E-state index is 10.7. The molecular weight excluding hydrogens is 308 g/mol. The Bertz CT molecular complexity index is 533. The van der Waals surface area contributed by atoms with Crippen molar-refractivity contribution in [3.63, 3.8) is 0 Å². The molecule has 1 fully saturated rings. The van der Waals surface area contributed by atoms with Crippen molar-refractivity contribution in [1.29, 1.82) is 0 Å². The summed E-state index contributed by atoms with van der Waals surface area (Å²) in [5, 5.41) is 11.0. The van der Waals surface area contributed by atoms with E-state index in [1.807, 2.05) is 11.9 Å². The molecular formula is C14H21ClN4O3. The summed E-state index contributed by atoms with van der Waals surface area (Å²) in [6.07, 6.45) is 1.70. The standard InChI is InChI=1S/C14H21ClN4O3/c1-10-8-18(9-11(2)22-10)5-4-17(3)14-13(15)6-12(7-16-14)19(20)21/h6-7,10-11H,4-5,8-9H2,1-3H3/t10-,11+. The number of halogens is 1. The minimum absolute atomic E-state index is 0.0991. The van der Waals surface area contributed by atoms with Crippen molar-refractivity contribution in [2.75, 3.05) is 38.1 Å². The van der Waals surface area contributed by atoms with Crippen LogP contribution in [0.2, 0.25) is 5.02 Å². The summed E-state index contributed by atoms with van der Waals surface area (Å²) in [6, 6.07) is 1.33. The lowest BCUT2D eigenvalue weighted by molar-refractivity contribution is -0.385. The average molecular weight is 329 g/mol. The number of likely N-dealkylation sites (N-methyl/N-ethyl adjacent to an activating group) is 1. The van der Waals surface area contributed by atoms with E-state index in [1.54, 1.807) is 0 Å². The Labute approximate surface area is 135 Å². The molecule has 1 saturated heterocycles. The Kier molecular flexibility index (Phi) is 5.55. The van der Waals surface area contributed by atoms with Gasteiger partial charge in [0.15, 0.2) is 0 Å². The lowest BCUT2D eigenvalue weighted by atomic mass is 10.2. The summed E-state index contributed by atoms with van der Waals surface area (Å²) in [5.41, 5.74) is -0.0991. The molecule has 0 bridgehead atoms. The van der Waals surface area contributed by atoms with Gasteiger partial charge in [0.25, 0.3) is 5.69 Å². The summed E-state index contributed by atoms with van der Waals surface area (Å²) in [5.74, 6) is 0.557.